The van der Waals surface area contributed by atoms with Crippen molar-refractivity contribution in [2.24, 2.45) is 0 Å². The first-order chi connectivity index (χ1) is 11.3. The number of tetrazole rings is 1. The highest BCUT2D eigenvalue weighted by atomic mass is 16.1. The molecule has 1 unspecified atom stereocenters. The first-order valence-corrected chi connectivity index (χ1v) is 7.97. The van der Waals surface area contributed by atoms with E-state index in [0.717, 1.165) is 24.8 Å². The Labute approximate surface area is 136 Å². The molecule has 0 fully saturated rings. The average molecular weight is 313 g/mol. The van der Waals surface area contributed by atoms with Gasteiger partial charge in [0.05, 0.1) is 6.04 Å². The van der Waals surface area contributed by atoms with Gasteiger partial charge in [-0.25, -0.2) is 0 Å². The third kappa shape index (κ3) is 6.02. The minimum Gasteiger partial charge on any atom is -0.349 e. The van der Waals surface area contributed by atoms with Crippen molar-refractivity contribution in [1.29, 1.82) is 0 Å². The fourth-order valence-corrected chi connectivity index (χ4v) is 2.44. The molecule has 1 amide bonds. The van der Waals surface area contributed by atoms with Crippen molar-refractivity contribution in [2.75, 3.05) is 0 Å². The molecule has 2 aromatic rings. The van der Waals surface area contributed by atoms with Crippen molar-refractivity contribution in [3.8, 4) is 0 Å². The van der Waals surface area contributed by atoms with Crippen LogP contribution in [0.3, 0.4) is 0 Å². The lowest BCUT2D eigenvalue weighted by Gasteiger charge is -2.19. The predicted octanol–water partition coefficient (Wildman–Crippen LogP) is 2.74. The van der Waals surface area contributed by atoms with Crippen LogP contribution in [0.2, 0.25) is 0 Å². The zero-order valence-electron chi connectivity index (χ0n) is 13.2. The number of rotatable bonds is 10. The molecule has 0 radical (unpaired) electrons. The third-order valence-electron chi connectivity index (χ3n) is 3.63. The Hall–Kier alpha value is -2.50. The number of nitrogens with one attached hydrogen (secondary N) is 2. The molecule has 0 aliphatic heterocycles. The number of allylic oxidation sites excluding steroid dienone is 1. The van der Waals surface area contributed by atoms with Crippen molar-refractivity contribution in [2.45, 2.75) is 44.6 Å². The summed E-state index contributed by atoms with van der Waals surface area (Å²) in [4.78, 5) is 12.2. The summed E-state index contributed by atoms with van der Waals surface area (Å²) in [5.41, 5.74) is 1.14. The molecular weight excluding hydrogens is 290 g/mol. The zero-order chi connectivity index (χ0) is 16.3. The number of amides is 1. The number of aromatic nitrogens is 4. The number of hydrogen-bond donors (Lipinski definition) is 2. The third-order valence-corrected chi connectivity index (χ3v) is 3.63. The van der Waals surface area contributed by atoms with E-state index in [-0.39, 0.29) is 11.9 Å². The minimum atomic E-state index is 0.0498. The molecule has 122 valence electrons. The van der Waals surface area contributed by atoms with E-state index in [9.17, 15) is 4.79 Å². The number of nitrogens with zero attached hydrogens (tertiary/aromatic N) is 3. The van der Waals surface area contributed by atoms with Gasteiger partial charge in [-0.05, 0) is 31.2 Å². The molecule has 1 aromatic heterocycles. The van der Waals surface area contributed by atoms with Gasteiger partial charge in [0.1, 0.15) is 0 Å². The van der Waals surface area contributed by atoms with Gasteiger partial charge in [-0.1, -0.05) is 41.6 Å². The van der Waals surface area contributed by atoms with Crippen molar-refractivity contribution in [3.63, 3.8) is 0 Å². The lowest BCUT2D eigenvalue weighted by molar-refractivity contribution is -0.122. The zero-order valence-corrected chi connectivity index (χ0v) is 13.2. The van der Waals surface area contributed by atoms with Gasteiger partial charge in [0, 0.05) is 12.8 Å². The maximum atomic E-state index is 12.2. The Bertz CT molecular complexity index is 582. The van der Waals surface area contributed by atoms with Crippen LogP contribution >= 0.6 is 0 Å². The van der Waals surface area contributed by atoms with Gasteiger partial charge < -0.3 is 5.32 Å². The molecule has 0 bridgehead atoms. The smallest absolute Gasteiger partial charge is 0.220 e. The fraction of sp³-hybridized carbons (Fsp3) is 0.412. The summed E-state index contributed by atoms with van der Waals surface area (Å²) >= 11 is 0. The van der Waals surface area contributed by atoms with Gasteiger partial charge >= 0.3 is 0 Å². The Kier molecular flexibility index (Phi) is 6.97. The molecule has 1 aromatic carbocycles. The van der Waals surface area contributed by atoms with Gasteiger partial charge in [0.25, 0.3) is 0 Å². The largest absolute Gasteiger partial charge is 0.349 e. The standard InChI is InChI=1S/C17H23N5O/c1-2-3-5-11-15(14-9-6-4-7-10-14)18-17(23)13-8-12-16-19-21-22-20-16/h2,4,6-7,9-10,15H,1,3,5,8,11-13H2,(H,18,23)(H,19,20,21,22). The van der Waals surface area contributed by atoms with Crippen LogP contribution in [0.5, 0.6) is 0 Å². The quantitative estimate of drug-likeness (QED) is 0.522. The van der Waals surface area contributed by atoms with Crippen LogP contribution in [0.1, 0.15) is 49.5 Å². The van der Waals surface area contributed by atoms with Crippen molar-refractivity contribution in [1.82, 2.24) is 25.9 Å². The van der Waals surface area contributed by atoms with E-state index >= 15 is 0 Å². The summed E-state index contributed by atoms with van der Waals surface area (Å²) in [7, 11) is 0. The first-order valence-electron chi connectivity index (χ1n) is 7.97. The van der Waals surface area contributed by atoms with Crippen LogP contribution in [-0.4, -0.2) is 26.5 Å². The van der Waals surface area contributed by atoms with Gasteiger partial charge in [0.2, 0.25) is 5.91 Å². The van der Waals surface area contributed by atoms with Crippen molar-refractivity contribution < 1.29 is 4.79 Å². The summed E-state index contributed by atoms with van der Waals surface area (Å²) < 4.78 is 0. The summed E-state index contributed by atoms with van der Waals surface area (Å²) in [6, 6.07) is 10.1. The number of H-pyrrole nitrogens is 1. The molecule has 2 rings (SSSR count). The molecule has 0 saturated carbocycles. The minimum absolute atomic E-state index is 0.0498. The predicted molar refractivity (Wildman–Crippen MR) is 88.5 cm³/mol. The van der Waals surface area contributed by atoms with Crippen LogP contribution in [0.4, 0.5) is 0 Å². The maximum absolute atomic E-state index is 12.2. The number of benzene rings is 1. The van der Waals surface area contributed by atoms with Crippen molar-refractivity contribution >= 4 is 5.91 Å². The van der Waals surface area contributed by atoms with E-state index < -0.39 is 0 Å². The first kappa shape index (κ1) is 16.9. The maximum Gasteiger partial charge on any atom is 0.220 e. The number of unbranched alkanes of at least 4 members (excludes halogenated alkanes) is 1. The molecule has 1 heterocycles. The van der Waals surface area contributed by atoms with Gasteiger partial charge in [0.15, 0.2) is 5.82 Å². The van der Waals surface area contributed by atoms with Crippen LogP contribution in [0.15, 0.2) is 43.0 Å². The molecule has 6 nitrogen and oxygen atoms in total. The number of carbonyl (C=O) groups excluding carboxylic acids is 1. The molecule has 2 N–H and O–H groups in total. The summed E-state index contributed by atoms with van der Waals surface area (Å²) in [5.74, 6) is 0.698. The molecule has 0 spiro atoms. The monoisotopic (exact) mass is 313 g/mol. The number of carbonyl (C=O) groups is 1. The molecule has 0 saturated heterocycles. The normalized spacial score (nSPS) is 11.8. The van der Waals surface area contributed by atoms with E-state index in [0.29, 0.717) is 25.1 Å². The highest BCUT2D eigenvalue weighted by Gasteiger charge is 2.14. The fourth-order valence-electron chi connectivity index (χ4n) is 2.44. The van der Waals surface area contributed by atoms with E-state index in [2.05, 4.69) is 44.7 Å². The molecule has 23 heavy (non-hydrogen) atoms. The molecule has 0 aliphatic carbocycles. The van der Waals surface area contributed by atoms with Crippen molar-refractivity contribution in [3.05, 3.63) is 54.4 Å². The Morgan fingerprint density at radius 3 is 2.83 bits per heavy atom. The SMILES string of the molecule is C=CCCCC(NC(=O)CCCc1nn[nH]n1)c1ccccc1. The second-order valence-electron chi connectivity index (χ2n) is 5.43. The summed E-state index contributed by atoms with van der Waals surface area (Å²) in [6.45, 7) is 3.75. The van der Waals surface area contributed by atoms with E-state index in [1.165, 1.54) is 0 Å². The molecule has 0 aliphatic rings. The summed E-state index contributed by atoms with van der Waals surface area (Å²) in [5, 5.41) is 16.8. The van der Waals surface area contributed by atoms with Crippen LogP contribution in [0.25, 0.3) is 0 Å². The highest BCUT2D eigenvalue weighted by molar-refractivity contribution is 5.76. The lowest BCUT2D eigenvalue weighted by atomic mass is 10.0. The van der Waals surface area contributed by atoms with E-state index in [1.807, 2.05) is 24.3 Å². The highest BCUT2D eigenvalue weighted by Crippen LogP contribution is 2.19. The number of aryl methyl sites for hydroxylation is 1. The average Bonchev–Trinajstić information content (AvgIpc) is 3.08. The van der Waals surface area contributed by atoms with Crippen LogP contribution < -0.4 is 5.32 Å². The van der Waals surface area contributed by atoms with Gasteiger partial charge in [-0.3, -0.25) is 4.79 Å². The Morgan fingerprint density at radius 1 is 1.30 bits per heavy atom. The van der Waals surface area contributed by atoms with Gasteiger partial charge in [-0.15, -0.1) is 16.8 Å². The number of hydrogen-bond acceptors (Lipinski definition) is 4. The lowest BCUT2D eigenvalue weighted by Crippen LogP contribution is -2.28. The number of aromatic amines is 1. The van der Waals surface area contributed by atoms with E-state index in [1.54, 1.807) is 0 Å². The molecule has 6 heteroatoms. The Morgan fingerprint density at radius 2 is 2.13 bits per heavy atom. The Balaban J connectivity index is 1.83. The van der Waals surface area contributed by atoms with Crippen LogP contribution in [0, 0.1) is 0 Å². The summed E-state index contributed by atoms with van der Waals surface area (Å²) in [6.07, 6.45) is 6.60. The van der Waals surface area contributed by atoms with Gasteiger partial charge in [-0.2, -0.15) is 5.21 Å². The van der Waals surface area contributed by atoms with E-state index in [4.69, 9.17) is 0 Å². The second-order valence-corrected chi connectivity index (χ2v) is 5.43. The second kappa shape index (κ2) is 9.50. The van der Waals surface area contributed by atoms with Crippen LogP contribution in [-0.2, 0) is 11.2 Å². The topological polar surface area (TPSA) is 83.6 Å². The molecular formula is C17H23N5O. The molecule has 1 atom stereocenters.